The van der Waals surface area contributed by atoms with E-state index in [1.165, 1.54) is 6.26 Å². The Labute approximate surface area is 111 Å². The van der Waals surface area contributed by atoms with Gasteiger partial charge < -0.3 is 10.1 Å². The third kappa shape index (κ3) is 2.36. The van der Waals surface area contributed by atoms with Crippen molar-refractivity contribution in [2.75, 3.05) is 5.32 Å². The second kappa shape index (κ2) is 4.98. The molecule has 0 bridgehead atoms. The predicted octanol–water partition coefficient (Wildman–Crippen LogP) is 3.20. The molecule has 0 aromatic heterocycles. The molecule has 1 heterocycles. The molecule has 1 amide bonds. The maximum absolute atomic E-state index is 11.8. The van der Waals surface area contributed by atoms with Crippen LogP contribution in [0, 0.1) is 0 Å². The monoisotopic (exact) mass is 251 g/mol. The van der Waals surface area contributed by atoms with Crippen molar-refractivity contribution in [3.8, 4) is 0 Å². The number of amides is 1. The largest absolute Gasteiger partial charge is 0.496 e. The van der Waals surface area contributed by atoms with Gasteiger partial charge in [0.1, 0.15) is 6.61 Å². The maximum Gasteiger partial charge on any atom is 0.259 e. The third-order valence-corrected chi connectivity index (χ3v) is 3.00. The van der Waals surface area contributed by atoms with E-state index < -0.39 is 0 Å². The van der Waals surface area contributed by atoms with Crippen LogP contribution in [0.5, 0.6) is 0 Å². The van der Waals surface area contributed by atoms with E-state index >= 15 is 0 Å². The molecule has 0 spiro atoms. The Balaban J connectivity index is 1.76. The lowest BCUT2D eigenvalue weighted by Crippen LogP contribution is -2.04. The zero-order chi connectivity index (χ0) is 13.1. The molecular formula is C16H13NO2. The molecule has 1 aliphatic rings. The number of ether oxygens (including phenoxy) is 1. The van der Waals surface area contributed by atoms with Gasteiger partial charge in [0.2, 0.25) is 0 Å². The van der Waals surface area contributed by atoms with Crippen molar-refractivity contribution in [1.82, 2.24) is 0 Å². The smallest absolute Gasteiger partial charge is 0.259 e. The summed E-state index contributed by atoms with van der Waals surface area (Å²) in [7, 11) is 0. The molecule has 0 aliphatic carbocycles. The van der Waals surface area contributed by atoms with Crippen molar-refractivity contribution in [3.05, 3.63) is 72.0 Å². The van der Waals surface area contributed by atoms with E-state index in [4.69, 9.17) is 4.74 Å². The van der Waals surface area contributed by atoms with Crippen molar-refractivity contribution < 1.29 is 9.53 Å². The number of hydrogen-bond acceptors (Lipinski definition) is 2. The Morgan fingerprint density at radius 3 is 2.58 bits per heavy atom. The Bertz CT molecular complexity index is 632. The molecule has 3 nitrogen and oxygen atoms in total. The fourth-order valence-electron chi connectivity index (χ4n) is 2.05. The Morgan fingerprint density at radius 1 is 1.00 bits per heavy atom. The summed E-state index contributed by atoms with van der Waals surface area (Å²) >= 11 is 0. The van der Waals surface area contributed by atoms with Crippen LogP contribution in [0.15, 0.2) is 60.9 Å². The minimum atomic E-state index is -0.116. The van der Waals surface area contributed by atoms with E-state index in [2.05, 4.69) is 5.32 Å². The van der Waals surface area contributed by atoms with Gasteiger partial charge in [-0.2, -0.15) is 0 Å². The van der Waals surface area contributed by atoms with Crippen molar-refractivity contribution in [3.63, 3.8) is 0 Å². The van der Waals surface area contributed by atoms with Crippen molar-refractivity contribution in [2.45, 2.75) is 6.61 Å². The summed E-state index contributed by atoms with van der Waals surface area (Å²) in [5, 5.41) is 2.81. The molecule has 3 rings (SSSR count). The van der Waals surface area contributed by atoms with Gasteiger partial charge >= 0.3 is 0 Å². The quantitative estimate of drug-likeness (QED) is 0.672. The van der Waals surface area contributed by atoms with E-state index in [-0.39, 0.29) is 5.91 Å². The Hall–Kier alpha value is -2.55. The SMILES string of the molecule is O=C1Nc2ccccc2/C1=C\OCc1ccccc1. The number of carbonyl (C=O) groups is 1. The van der Waals surface area contributed by atoms with Gasteiger partial charge in [0.05, 0.1) is 11.8 Å². The molecule has 94 valence electrons. The molecule has 0 atom stereocenters. The second-order valence-electron chi connectivity index (χ2n) is 4.33. The number of carbonyl (C=O) groups excluding carboxylic acids is 1. The molecule has 0 saturated carbocycles. The normalized spacial score (nSPS) is 15.2. The van der Waals surface area contributed by atoms with E-state index in [9.17, 15) is 4.79 Å². The highest BCUT2D eigenvalue weighted by Crippen LogP contribution is 2.31. The number of hydrogen-bond donors (Lipinski definition) is 1. The van der Waals surface area contributed by atoms with Crippen LogP contribution in [0.25, 0.3) is 5.57 Å². The fraction of sp³-hybridized carbons (Fsp3) is 0.0625. The lowest BCUT2D eigenvalue weighted by molar-refractivity contribution is -0.110. The minimum Gasteiger partial charge on any atom is -0.496 e. The number of para-hydroxylation sites is 1. The van der Waals surface area contributed by atoms with Gasteiger partial charge in [-0.05, 0) is 11.6 Å². The lowest BCUT2D eigenvalue weighted by atomic mass is 10.1. The van der Waals surface area contributed by atoms with Crippen LogP contribution in [0.1, 0.15) is 11.1 Å². The van der Waals surface area contributed by atoms with Gasteiger partial charge in [-0.25, -0.2) is 0 Å². The number of rotatable bonds is 3. The summed E-state index contributed by atoms with van der Waals surface area (Å²) in [5.74, 6) is -0.116. The highest BCUT2D eigenvalue weighted by atomic mass is 16.5. The summed E-state index contributed by atoms with van der Waals surface area (Å²) in [5.41, 5.74) is 3.38. The first-order valence-corrected chi connectivity index (χ1v) is 6.11. The summed E-state index contributed by atoms with van der Waals surface area (Å²) in [6.07, 6.45) is 1.54. The van der Waals surface area contributed by atoms with Gasteiger partial charge in [0.25, 0.3) is 5.91 Å². The third-order valence-electron chi connectivity index (χ3n) is 3.00. The number of nitrogens with one attached hydrogen (secondary N) is 1. The molecule has 0 unspecified atom stereocenters. The average Bonchev–Trinajstić information content (AvgIpc) is 2.76. The van der Waals surface area contributed by atoms with E-state index in [0.29, 0.717) is 12.2 Å². The second-order valence-corrected chi connectivity index (χ2v) is 4.33. The van der Waals surface area contributed by atoms with E-state index in [0.717, 1.165) is 16.8 Å². The molecule has 2 aromatic rings. The summed E-state index contributed by atoms with van der Waals surface area (Å²) < 4.78 is 5.51. The Kier molecular flexibility index (Phi) is 3.02. The first-order valence-electron chi connectivity index (χ1n) is 6.11. The molecule has 19 heavy (non-hydrogen) atoms. The van der Waals surface area contributed by atoms with Gasteiger partial charge in [-0.3, -0.25) is 4.79 Å². The predicted molar refractivity (Wildman–Crippen MR) is 74.3 cm³/mol. The fourth-order valence-corrected chi connectivity index (χ4v) is 2.05. The van der Waals surface area contributed by atoms with Gasteiger partial charge in [-0.1, -0.05) is 48.5 Å². The molecule has 0 fully saturated rings. The Morgan fingerprint density at radius 2 is 1.74 bits per heavy atom. The molecule has 2 aromatic carbocycles. The van der Waals surface area contributed by atoms with Crippen molar-refractivity contribution in [1.29, 1.82) is 0 Å². The zero-order valence-corrected chi connectivity index (χ0v) is 10.3. The molecule has 0 radical (unpaired) electrons. The first-order chi connectivity index (χ1) is 9.34. The lowest BCUT2D eigenvalue weighted by Gasteiger charge is -2.02. The van der Waals surface area contributed by atoms with Gasteiger partial charge in [0.15, 0.2) is 0 Å². The van der Waals surface area contributed by atoms with Crippen LogP contribution in [0.2, 0.25) is 0 Å². The first kappa shape index (κ1) is 11.5. The standard InChI is InChI=1S/C16H13NO2/c18-16-14(13-8-4-5-9-15(13)17-16)11-19-10-12-6-2-1-3-7-12/h1-9,11H,10H2,(H,17,18)/b14-11+. The van der Waals surface area contributed by atoms with E-state index in [1.807, 2.05) is 54.6 Å². The van der Waals surface area contributed by atoms with Crippen LogP contribution in [0.3, 0.4) is 0 Å². The summed E-state index contributed by atoms with van der Waals surface area (Å²) in [6, 6.07) is 17.4. The molecular weight excluding hydrogens is 238 g/mol. The molecule has 1 N–H and O–H groups in total. The van der Waals surface area contributed by atoms with Gasteiger partial charge in [0, 0.05) is 11.3 Å². The topological polar surface area (TPSA) is 38.3 Å². The highest BCUT2D eigenvalue weighted by Gasteiger charge is 2.23. The van der Waals surface area contributed by atoms with E-state index in [1.54, 1.807) is 0 Å². The number of anilines is 1. The zero-order valence-electron chi connectivity index (χ0n) is 10.3. The number of benzene rings is 2. The number of fused-ring (bicyclic) bond motifs is 1. The van der Waals surface area contributed by atoms with Crippen LogP contribution >= 0.6 is 0 Å². The molecule has 0 saturated heterocycles. The average molecular weight is 251 g/mol. The molecule has 3 heteroatoms. The van der Waals surface area contributed by atoms with Crippen LogP contribution in [-0.2, 0) is 16.1 Å². The van der Waals surface area contributed by atoms with Gasteiger partial charge in [-0.15, -0.1) is 0 Å². The van der Waals surface area contributed by atoms with Crippen LogP contribution < -0.4 is 5.32 Å². The summed E-state index contributed by atoms with van der Waals surface area (Å²) in [4.78, 5) is 11.8. The molecule has 1 aliphatic heterocycles. The minimum absolute atomic E-state index is 0.116. The van der Waals surface area contributed by atoms with Crippen molar-refractivity contribution in [2.24, 2.45) is 0 Å². The van der Waals surface area contributed by atoms with Crippen LogP contribution in [0.4, 0.5) is 5.69 Å². The highest BCUT2D eigenvalue weighted by molar-refractivity contribution is 6.31. The maximum atomic E-state index is 11.8. The van der Waals surface area contributed by atoms with Crippen molar-refractivity contribution >= 4 is 17.2 Å². The summed E-state index contributed by atoms with van der Waals surface area (Å²) in [6.45, 7) is 0.458. The van der Waals surface area contributed by atoms with Crippen LogP contribution in [-0.4, -0.2) is 5.91 Å².